The summed E-state index contributed by atoms with van der Waals surface area (Å²) >= 11 is 1.66. The van der Waals surface area contributed by atoms with Gasteiger partial charge in [-0.2, -0.15) is 5.10 Å². The van der Waals surface area contributed by atoms with E-state index >= 15 is 0 Å². The Morgan fingerprint density at radius 3 is 2.52 bits per heavy atom. The monoisotopic (exact) mass is 584 g/mol. The number of carboxylic acid groups (broad SMARTS) is 1. The van der Waals surface area contributed by atoms with Crippen LogP contribution in [0.3, 0.4) is 0 Å². The number of pyridine rings is 1. The first-order valence-electron chi connectivity index (χ1n) is 14.7. The van der Waals surface area contributed by atoms with Gasteiger partial charge in [0.15, 0.2) is 5.82 Å². The molecule has 1 saturated heterocycles. The topological polar surface area (TPSA) is 97.6 Å². The maximum Gasteiger partial charge on any atom is 0.339 e. The lowest BCUT2D eigenvalue weighted by Gasteiger charge is -2.33. The molecule has 0 unspecified atom stereocenters. The molecule has 4 heterocycles. The molecule has 0 atom stereocenters. The van der Waals surface area contributed by atoms with E-state index in [9.17, 15) is 14.7 Å². The van der Waals surface area contributed by atoms with Crippen LogP contribution in [-0.2, 0) is 17.8 Å². The van der Waals surface area contributed by atoms with E-state index in [1.807, 2.05) is 18.2 Å². The van der Waals surface area contributed by atoms with Crippen LogP contribution < -0.4 is 4.74 Å². The summed E-state index contributed by atoms with van der Waals surface area (Å²) in [5.41, 5.74) is 5.25. The van der Waals surface area contributed by atoms with Gasteiger partial charge in [0.25, 0.3) is 0 Å². The molecule has 4 aromatic rings. The standard InChI is InChI=1S/C33H36N4O4S/c1-4-22-17-26(10-11-27(22)23-12-14-36(15-13-23)32(38)24-8-9-24)41-19-25-16-20(2)42-31(25)29-6-5-7-30(35-29)37-21(3)28(18-34-37)33(39)40/h5-7,10-11,16-18,23-24H,4,8-9,12-15,19H2,1-3H3,(H,39,40). The highest BCUT2D eigenvalue weighted by molar-refractivity contribution is 7.15. The van der Waals surface area contributed by atoms with Crippen molar-refractivity contribution in [3.8, 4) is 22.1 Å². The summed E-state index contributed by atoms with van der Waals surface area (Å²) in [5.74, 6) is 1.55. The van der Waals surface area contributed by atoms with E-state index in [0.717, 1.165) is 72.0 Å². The number of carboxylic acids is 1. The lowest BCUT2D eigenvalue weighted by molar-refractivity contribution is -0.133. The second-order valence-electron chi connectivity index (χ2n) is 11.3. The van der Waals surface area contributed by atoms with Gasteiger partial charge in [0.1, 0.15) is 17.9 Å². The van der Waals surface area contributed by atoms with Crippen LogP contribution in [-0.4, -0.2) is 49.7 Å². The highest BCUT2D eigenvalue weighted by Crippen LogP contribution is 2.37. The minimum atomic E-state index is -1.01. The van der Waals surface area contributed by atoms with Crippen molar-refractivity contribution < 1.29 is 19.4 Å². The Bertz CT molecular complexity index is 1630. The maximum atomic E-state index is 12.5. The molecule has 6 rings (SSSR count). The normalized spacial score (nSPS) is 15.6. The van der Waals surface area contributed by atoms with E-state index in [1.54, 1.807) is 22.9 Å². The van der Waals surface area contributed by atoms with Crippen molar-refractivity contribution in [3.63, 3.8) is 0 Å². The third-order valence-electron chi connectivity index (χ3n) is 8.42. The number of aryl methyl sites for hydroxylation is 2. The fourth-order valence-electron chi connectivity index (χ4n) is 5.95. The second kappa shape index (κ2) is 11.7. The molecule has 1 aromatic carbocycles. The third-order valence-corrected chi connectivity index (χ3v) is 9.53. The predicted octanol–water partition coefficient (Wildman–Crippen LogP) is 6.57. The Morgan fingerprint density at radius 2 is 1.83 bits per heavy atom. The molecular weight excluding hydrogens is 548 g/mol. The van der Waals surface area contributed by atoms with Gasteiger partial charge < -0.3 is 14.7 Å². The number of amides is 1. The molecular formula is C33H36N4O4S. The number of aromatic nitrogens is 3. The van der Waals surface area contributed by atoms with Gasteiger partial charge in [-0.1, -0.05) is 19.1 Å². The summed E-state index contributed by atoms with van der Waals surface area (Å²) in [5, 5.41) is 13.7. The summed E-state index contributed by atoms with van der Waals surface area (Å²) < 4.78 is 7.90. The van der Waals surface area contributed by atoms with E-state index in [1.165, 1.54) is 17.3 Å². The molecule has 3 aromatic heterocycles. The van der Waals surface area contributed by atoms with E-state index in [4.69, 9.17) is 9.72 Å². The minimum absolute atomic E-state index is 0.162. The Morgan fingerprint density at radius 1 is 1.05 bits per heavy atom. The summed E-state index contributed by atoms with van der Waals surface area (Å²) in [4.78, 5) is 33.1. The molecule has 0 bridgehead atoms. The molecule has 2 fully saturated rings. The van der Waals surface area contributed by atoms with Gasteiger partial charge in [0, 0.05) is 29.4 Å². The Kier molecular flexibility index (Phi) is 7.86. The zero-order chi connectivity index (χ0) is 29.4. The molecule has 218 valence electrons. The minimum Gasteiger partial charge on any atom is -0.489 e. The van der Waals surface area contributed by atoms with Crippen LogP contribution in [0.25, 0.3) is 16.4 Å². The van der Waals surface area contributed by atoms with Crippen molar-refractivity contribution >= 4 is 23.2 Å². The number of piperidine rings is 1. The molecule has 1 saturated carbocycles. The molecule has 9 heteroatoms. The van der Waals surface area contributed by atoms with Gasteiger partial charge in [0.05, 0.1) is 22.5 Å². The highest BCUT2D eigenvalue weighted by atomic mass is 32.1. The maximum absolute atomic E-state index is 12.5. The number of nitrogens with zero attached hydrogens (tertiary/aromatic N) is 4. The SMILES string of the molecule is CCc1cc(OCc2cc(C)sc2-c2cccc(-n3ncc(C(=O)O)c3C)n2)ccc1C1CCN(C(=O)C2CC2)CC1. The molecule has 1 aliphatic heterocycles. The molecule has 1 N–H and O–H groups in total. The van der Waals surface area contributed by atoms with Crippen molar-refractivity contribution in [2.24, 2.45) is 5.92 Å². The Labute approximate surface area is 250 Å². The van der Waals surface area contributed by atoms with Crippen molar-refractivity contribution in [1.29, 1.82) is 0 Å². The number of carbonyl (C=O) groups is 2. The van der Waals surface area contributed by atoms with Crippen molar-refractivity contribution in [2.45, 2.75) is 65.4 Å². The first-order chi connectivity index (χ1) is 20.3. The van der Waals surface area contributed by atoms with Crippen molar-refractivity contribution in [1.82, 2.24) is 19.7 Å². The highest BCUT2D eigenvalue weighted by Gasteiger charge is 2.35. The van der Waals surface area contributed by atoms with E-state index < -0.39 is 5.97 Å². The molecule has 1 amide bonds. The smallest absolute Gasteiger partial charge is 0.339 e. The lowest BCUT2D eigenvalue weighted by Crippen LogP contribution is -2.38. The van der Waals surface area contributed by atoms with Gasteiger partial charge in [-0.25, -0.2) is 14.5 Å². The summed E-state index contributed by atoms with van der Waals surface area (Å²) in [6, 6.07) is 14.3. The fraction of sp³-hybridized carbons (Fsp3) is 0.394. The van der Waals surface area contributed by atoms with Crippen LogP contribution in [0.5, 0.6) is 5.75 Å². The van der Waals surface area contributed by atoms with Crippen LogP contribution in [0.15, 0.2) is 48.7 Å². The number of ether oxygens (including phenoxy) is 1. The number of aromatic carboxylic acids is 1. The van der Waals surface area contributed by atoms with E-state index in [-0.39, 0.29) is 5.56 Å². The number of thiophene rings is 1. The molecule has 0 radical (unpaired) electrons. The Hall–Kier alpha value is -3.98. The van der Waals surface area contributed by atoms with Crippen LogP contribution >= 0.6 is 11.3 Å². The molecule has 42 heavy (non-hydrogen) atoms. The average Bonchev–Trinajstić information content (AvgIpc) is 3.68. The van der Waals surface area contributed by atoms with Gasteiger partial charge in [-0.05, 0) is 93.3 Å². The van der Waals surface area contributed by atoms with Crippen LogP contribution in [0.2, 0.25) is 0 Å². The number of likely N-dealkylation sites (tertiary alicyclic amines) is 1. The van der Waals surface area contributed by atoms with Gasteiger partial charge >= 0.3 is 5.97 Å². The van der Waals surface area contributed by atoms with Gasteiger partial charge in [-0.15, -0.1) is 11.3 Å². The summed E-state index contributed by atoms with van der Waals surface area (Å²) in [7, 11) is 0. The Balaban J connectivity index is 1.16. The largest absolute Gasteiger partial charge is 0.489 e. The zero-order valence-electron chi connectivity index (χ0n) is 24.3. The fourth-order valence-corrected chi connectivity index (χ4v) is 6.94. The first kappa shape index (κ1) is 28.2. The summed E-state index contributed by atoms with van der Waals surface area (Å²) in [6.45, 7) is 8.13. The van der Waals surface area contributed by atoms with Crippen LogP contribution in [0, 0.1) is 19.8 Å². The molecule has 2 aliphatic rings. The average molecular weight is 585 g/mol. The second-order valence-corrected chi connectivity index (χ2v) is 12.6. The number of rotatable bonds is 9. The molecule has 1 aliphatic carbocycles. The predicted molar refractivity (Wildman–Crippen MR) is 163 cm³/mol. The molecule has 8 nitrogen and oxygen atoms in total. The number of benzene rings is 1. The van der Waals surface area contributed by atoms with Crippen molar-refractivity contribution in [2.75, 3.05) is 13.1 Å². The molecule has 0 spiro atoms. The van der Waals surface area contributed by atoms with Crippen LogP contribution in [0.1, 0.15) is 76.1 Å². The van der Waals surface area contributed by atoms with Crippen LogP contribution in [0.4, 0.5) is 0 Å². The van der Waals surface area contributed by atoms with Crippen molar-refractivity contribution in [3.05, 3.63) is 81.5 Å². The summed E-state index contributed by atoms with van der Waals surface area (Å²) in [6.07, 6.45) is 6.46. The van der Waals surface area contributed by atoms with E-state index in [0.29, 0.717) is 35.9 Å². The number of hydrogen-bond donors (Lipinski definition) is 1. The number of carbonyl (C=O) groups excluding carboxylic acids is 1. The van der Waals surface area contributed by atoms with Gasteiger partial charge in [0.2, 0.25) is 5.91 Å². The van der Waals surface area contributed by atoms with Gasteiger partial charge in [-0.3, -0.25) is 4.79 Å². The lowest BCUT2D eigenvalue weighted by atomic mass is 9.85. The first-order valence-corrected chi connectivity index (χ1v) is 15.5. The number of hydrogen-bond acceptors (Lipinski definition) is 6. The quantitative estimate of drug-likeness (QED) is 0.239. The van der Waals surface area contributed by atoms with E-state index in [2.05, 4.69) is 48.1 Å². The third kappa shape index (κ3) is 5.70. The zero-order valence-corrected chi connectivity index (χ0v) is 25.1.